The van der Waals surface area contributed by atoms with Crippen LogP contribution in [0.3, 0.4) is 0 Å². The molecule has 0 fully saturated rings. The van der Waals surface area contributed by atoms with Gasteiger partial charge in [-0.25, -0.2) is 9.55 Å². The van der Waals surface area contributed by atoms with Crippen molar-refractivity contribution in [3.63, 3.8) is 0 Å². The first-order valence-electron chi connectivity index (χ1n) is 12.8. The lowest BCUT2D eigenvalue weighted by Gasteiger charge is -2.09. The Kier molecular flexibility index (Phi) is 4.00. The van der Waals surface area contributed by atoms with Gasteiger partial charge in [0, 0.05) is 33.6 Å². The molecule has 1 unspecified atom stereocenters. The molecule has 0 bridgehead atoms. The lowest BCUT2D eigenvalue weighted by atomic mass is 9.97. The number of hydrogen-bond acceptors (Lipinski definition) is 2. The summed E-state index contributed by atoms with van der Waals surface area (Å²) in [6.07, 6.45) is 2.23. The SMILES string of the molecule is [2H]C([2H])([2H])C([2H])(C)Cc1cccc(-c2ccc(-c3c(C)ccc4c3oc3nc(C)ccc34)[n+](C)c2)c1. The topological polar surface area (TPSA) is 29.9 Å². The van der Waals surface area contributed by atoms with Crippen LogP contribution in [-0.4, -0.2) is 4.98 Å². The molecular formula is C29H29N2O+. The van der Waals surface area contributed by atoms with E-state index in [0.29, 0.717) is 5.71 Å². The van der Waals surface area contributed by atoms with Crippen LogP contribution in [0.5, 0.6) is 0 Å². The summed E-state index contributed by atoms with van der Waals surface area (Å²) < 4.78 is 39.7. The molecule has 3 nitrogen and oxygen atoms in total. The maximum absolute atomic E-state index is 8.31. The molecule has 3 heterocycles. The molecule has 0 radical (unpaired) electrons. The Morgan fingerprint density at radius 2 is 1.88 bits per heavy atom. The van der Waals surface area contributed by atoms with Crippen molar-refractivity contribution in [3.05, 3.63) is 83.7 Å². The highest BCUT2D eigenvalue weighted by molar-refractivity contribution is 6.08. The van der Waals surface area contributed by atoms with Crippen molar-refractivity contribution in [2.75, 3.05) is 0 Å². The van der Waals surface area contributed by atoms with Crippen LogP contribution >= 0.6 is 0 Å². The van der Waals surface area contributed by atoms with E-state index in [1.165, 1.54) is 6.92 Å². The number of furan rings is 1. The fourth-order valence-corrected chi connectivity index (χ4v) is 4.43. The Bertz CT molecular complexity index is 1620. The average Bonchev–Trinajstić information content (AvgIpc) is 3.16. The van der Waals surface area contributed by atoms with E-state index >= 15 is 0 Å². The average molecular weight is 426 g/mol. The molecule has 32 heavy (non-hydrogen) atoms. The minimum absolute atomic E-state index is 0.155. The van der Waals surface area contributed by atoms with Crippen LogP contribution in [0.25, 0.3) is 44.5 Å². The van der Waals surface area contributed by atoms with Gasteiger partial charge in [-0.05, 0) is 61.1 Å². The van der Waals surface area contributed by atoms with Gasteiger partial charge in [-0.2, -0.15) is 0 Å². The Hall–Kier alpha value is -3.46. The number of nitrogens with zero attached hydrogens (tertiary/aromatic N) is 2. The highest BCUT2D eigenvalue weighted by atomic mass is 16.3. The first-order chi connectivity index (χ1) is 16.9. The Morgan fingerprint density at radius 1 is 1.03 bits per heavy atom. The summed E-state index contributed by atoms with van der Waals surface area (Å²) in [6.45, 7) is 3.17. The minimum atomic E-state index is -2.35. The standard InChI is InChI=1S/C29H29N2O/c1-18(2)15-21-7-6-8-22(16-21)23-11-14-26(31(5)17-23)27-19(3)9-12-24-25-13-10-20(4)30-29(25)32-28(24)27/h6-14,16-18H,15H2,1-5H3/q+1/i1D3,18D. The molecule has 3 heteroatoms. The van der Waals surface area contributed by atoms with Crippen molar-refractivity contribution >= 4 is 22.1 Å². The predicted octanol–water partition coefficient (Wildman–Crippen LogP) is 6.95. The maximum Gasteiger partial charge on any atom is 0.227 e. The van der Waals surface area contributed by atoms with E-state index in [-0.39, 0.29) is 6.42 Å². The van der Waals surface area contributed by atoms with Gasteiger partial charge in [0.1, 0.15) is 7.05 Å². The second kappa shape index (κ2) is 7.90. The number of pyridine rings is 2. The van der Waals surface area contributed by atoms with Crippen LogP contribution in [0.4, 0.5) is 0 Å². The monoisotopic (exact) mass is 425 g/mol. The van der Waals surface area contributed by atoms with E-state index in [2.05, 4.69) is 53.0 Å². The molecule has 0 N–H and O–H groups in total. The maximum atomic E-state index is 8.31. The van der Waals surface area contributed by atoms with E-state index in [0.717, 1.165) is 55.6 Å². The van der Waals surface area contributed by atoms with Crippen LogP contribution in [0.1, 0.15) is 36.1 Å². The first-order valence-corrected chi connectivity index (χ1v) is 10.8. The molecule has 1 atom stereocenters. The van der Waals surface area contributed by atoms with Gasteiger partial charge in [-0.15, -0.1) is 0 Å². The molecule has 160 valence electrons. The summed E-state index contributed by atoms with van der Waals surface area (Å²) >= 11 is 0. The van der Waals surface area contributed by atoms with Crippen molar-refractivity contribution in [1.29, 1.82) is 0 Å². The molecule has 0 aliphatic carbocycles. The van der Waals surface area contributed by atoms with Gasteiger partial charge in [0.05, 0.1) is 5.56 Å². The zero-order valence-electron chi connectivity index (χ0n) is 22.9. The molecule has 2 aromatic carbocycles. The fraction of sp³-hybridized carbons (Fsp3) is 0.241. The summed E-state index contributed by atoms with van der Waals surface area (Å²) in [4.78, 5) is 4.58. The zero-order chi connectivity index (χ0) is 25.8. The Balaban J connectivity index is 1.56. The third-order valence-electron chi connectivity index (χ3n) is 5.97. The van der Waals surface area contributed by atoms with Gasteiger partial charge in [0.25, 0.3) is 0 Å². The highest BCUT2D eigenvalue weighted by Gasteiger charge is 2.21. The van der Waals surface area contributed by atoms with Crippen LogP contribution < -0.4 is 4.57 Å². The van der Waals surface area contributed by atoms with Gasteiger partial charge in [0.15, 0.2) is 11.8 Å². The predicted molar refractivity (Wildman–Crippen MR) is 132 cm³/mol. The number of rotatable bonds is 4. The summed E-state index contributed by atoms with van der Waals surface area (Å²) in [5, 5.41) is 2.05. The van der Waals surface area contributed by atoms with E-state index in [1.54, 1.807) is 0 Å². The van der Waals surface area contributed by atoms with E-state index < -0.39 is 12.7 Å². The number of benzene rings is 2. The molecule has 0 amide bonds. The molecule has 0 saturated carbocycles. The van der Waals surface area contributed by atoms with Crippen molar-refractivity contribution < 1.29 is 14.5 Å². The number of aryl methyl sites for hydroxylation is 3. The Morgan fingerprint density at radius 3 is 2.69 bits per heavy atom. The molecule has 3 aromatic heterocycles. The second-order valence-corrected chi connectivity index (χ2v) is 8.61. The molecule has 0 spiro atoms. The minimum Gasteiger partial charge on any atom is -0.437 e. The number of aromatic nitrogens is 2. The van der Waals surface area contributed by atoms with Crippen LogP contribution in [0.2, 0.25) is 0 Å². The third-order valence-corrected chi connectivity index (χ3v) is 5.97. The van der Waals surface area contributed by atoms with E-state index in [1.807, 2.05) is 44.3 Å². The lowest BCUT2D eigenvalue weighted by molar-refractivity contribution is -0.659. The summed E-state index contributed by atoms with van der Waals surface area (Å²) in [6, 6.07) is 20.2. The van der Waals surface area contributed by atoms with Crippen molar-refractivity contribution in [2.24, 2.45) is 12.9 Å². The molecule has 5 rings (SSSR count). The van der Waals surface area contributed by atoms with Gasteiger partial charge in [0.2, 0.25) is 11.4 Å². The van der Waals surface area contributed by atoms with Gasteiger partial charge in [-0.1, -0.05) is 50.2 Å². The van der Waals surface area contributed by atoms with Crippen molar-refractivity contribution in [3.8, 4) is 22.4 Å². The molecular weight excluding hydrogens is 392 g/mol. The lowest BCUT2D eigenvalue weighted by Crippen LogP contribution is -2.31. The van der Waals surface area contributed by atoms with E-state index in [4.69, 9.17) is 9.90 Å². The quantitative estimate of drug-likeness (QED) is 0.291. The zero-order valence-corrected chi connectivity index (χ0v) is 18.9. The summed E-state index contributed by atoms with van der Waals surface area (Å²) in [7, 11) is 2.02. The molecule has 0 saturated heterocycles. The van der Waals surface area contributed by atoms with Crippen molar-refractivity contribution in [2.45, 2.75) is 34.0 Å². The van der Waals surface area contributed by atoms with E-state index in [9.17, 15) is 0 Å². The van der Waals surface area contributed by atoms with Gasteiger partial charge in [-0.3, -0.25) is 0 Å². The molecule has 0 aliphatic heterocycles. The number of hydrogen-bond donors (Lipinski definition) is 0. The normalized spacial score (nSPS) is 15.8. The van der Waals surface area contributed by atoms with Crippen molar-refractivity contribution in [1.82, 2.24) is 4.98 Å². The molecule has 0 aliphatic rings. The molecule has 5 aromatic rings. The van der Waals surface area contributed by atoms with Crippen LogP contribution in [-0.2, 0) is 13.5 Å². The largest absolute Gasteiger partial charge is 0.437 e. The smallest absolute Gasteiger partial charge is 0.227 e. The van der Waals surface area contributed by atoms with Gasteiger partial charge >= 0.3 is 0 Å². The highest BCUT2D eigenvalue weighted by Crippen LogP contribution is 2.36. The van der Waals surface area contributed by atoms with Crippen LogP contribution in [0.15, 0.2) is 71.3 Å². The van der Waals surface area contributed by atoms with Crippen LogP contribution in [0, 0.1) is 19.7 Å². The summed E-state index contributed by atoms with van der Waals surface area (Å²) in [5.74, 6) is -1.55. The third kappa shape index (κ3) is 3.58. The number of fused-ring (bicyclic) bond motifs is 3. The first kappa shape index (κ1) is 16.2. The Labute approximate surface area is 195 Å². The van der Waals surface area contributed by atoms with Gasteiger partial charge < -0.3 is 4.42 Å². The fourth-order valence-electron chi connectivity index (χ4n) is 4.43. The summed E-state index contributed by atoms with van der Waals surface area (Å²) in [5.41, 5.74) is 8.38. The second-order valence-electron chi connectivity index (χ2n) is 8.61.